The Hall–Kier alpha value is -0.870. The fourth-order valence-electron chi connectivity index (χ4n) is 1.26. The molecule has 0 aliphatic rings. The Morgan fingerprint density at radius 2 is 2.12 bits per heavy atom. The molecule has 0 saturated heterocycles. The zero-order valence-electron chi connectivity index (χ0n) is 9.80. The maximum absolute atomic E-state index is 11.9. The molecule has 0 saturated carbocycles. The number of hydrogen-bond acceptors (Lipinski definition) is 2. The molecule has 4 heteroatoms. The van der Waals surface area contributed by atoms with Crippen molar-refractivity contribution in [1.82, 2.24) is 5.32 Å². The smallest absolute Gasteiger partial charge is 0.251 e. The van der Waals surface area contributed by atoms with Crippen molar-refractivity contribution in [1.29, 1.82) is 0 Å². The molecule has 1 aromatic carbocycles. The maximum atomic E-state index is 11.9. The third-order valence-corrected chi connectivity index (χ3v) is 3.08. The van der Waals surface area contributed by atoms with E-state index in [1.54, 1.807) is 6.07 Å². The van der Waals surface area contributed by atoms with Crippen molar-refractivity contribution >= 4 is 21.8 Å². The van der Waals surface area contributed by atoms with Gasteiger partial charge in [0.15, 0.2) is 0 Å². The van der Waals surface area contributed by atoms with Crippen LogP contribution in [0.1, 0.15) is 29.8 Å². The first kappa shape index (κ1) is 13.2. The Kier molecular flexibility index (Phi) is 4.10. The second kappa shape index (κ2) is 4.97. The number of nitrogens with one attached hydrogen (secondary N) is 1. The average molecular weight is 285 g/mol. The van der Waals surface area contributed by atoms with Gasteiger partial charge in [-0.05, 0) is 38.5 Å². The summed E-state index contributed by atoms with van der Waals surface area (Å²) in [6.07, 6.45) is 0. The highest BCUT2D eigenvalue weighted by Crippen LogP contribution is 2.19. The number of benzene rings is 1. The van der Waals surface area contributed by atoms with Crippen molar-refractivity contribution in [2.24, 2.45) is 5.73 Å². The molecule has 3 nitrogen and oxygen atoms in total. The quantitative estimate of drug-likeness (QED) is 0.894. The van der Waals surface area contributed by atoms with Crippen LogP contribution in [0.25, 0.3) is 0 Å². The first-order valence-corrected chi connectivity index (χ1v) is 5.93. The summed E-state index contributed by atoms with van der Waals surface area (Å²) in [7, 11) is 0. The molecule has 1 rings (SSSR count). The lowest BCUT2D eigenvalue weighted by Gasteiger charge is -2.19. The Morgan fingerprint density at radius 1 is 1.50 bits per heavy atom. The molecule has 0 fully saturated rings. The van der Waals surface area contributed by atoms with Crippen LogP contribution in [0, 0.1) is 6.92 Å². The van der Waals surface area contributed by atoms with E-state index in [0.29, 0.717) is 12.1 Å². The lowest BCUT2D eigenvalue weighted by atomic mass is 10.1. The van der Waals surface area contributed by atoms with E-state index in [-0.39, 0.29) is 5.91 Å². The summed E-state index contributed by atoms with van der Waals surface area (Å²) in [5.74, 6) is -0.0858. The molecule has 0 atom stereocenters. The van der Waals surface area contributed by atoms with Crippen LogP contribution in [0.3, 0.4) is 0 Å². The topological polar surface area (TPSA) is 55.1 Å². The van der Waals surface area contributed by atoms with Crippen LogP contribution in [-0.4, -0.2) is 18.0 Å². The summed E-state index contributed by atoms with van der Waals surface area (Å²) in [5, 5.41) is 2.82. The standard InChI is InChI=1S/C12H17BrN2O/c1-8-9(5-4-6-10(8)13)11(16)15-7-12(2,3)14/h4-6H,7,14H2,1-3H3,(H,15,16). The van der Waals surface area contributed by atoms with Gasteiger partial charge in [0, 0.05) is 22.1 Å². The van der Waals surface area contributed by atoms with Crippen molar-refractivity contribution in [3.05, 3.63) is 33.8 Å². The molecular formula is C12H17BrN2O. The van der Waals surface area contributed by atoms with Crippen LogP contribution in [0.2, 0.25) is 0 Å². The SMILES string of the molecule is Cc1c(Br)cccc1C(=O)NCC(C)(C)N. The number of amides is 1. The third-order valence-electron chi connectivity index (χ3n) is 2.22. The molecule has 0 aliphatic heterocycles. The van der Waals surface area contributed by atoms with Crippen molar-refractivity contribution in [3.63, 3.8) is 0 Å². The zero-order chi connectivity index (χ0) is 12.3. The van der Waals surface area contributed by atoms with Gasteiger partial charge in [0.1, 0.15) is 0 Å². The predicted molar refractivity (Wildman–Crippen MR) is 69.5 cm³/mol. The number of carbonyl (C=O) groups is 1. The molecule has 0 aliphatic carbocycles. The van der Waals surface area contributed by atoms with Gasteiger partial charge >= 0.3 is 0 Å². The molecule has 0 heterocycles. The molecule has 16 heavy (non-hydrogen) atoms. The Labute approximate surface area is 105 Å². The first-order valence-electron chi connectivity index (χ1n) is 5.13. The van der Waals surface area contributed by atoms with Gasteiger partial charge in [0.05, 0.1) is 0 Å². The van der Waals surface area contributed by atoms with Gasteiger partial charge in [-0.3, -0.25) is 4.79 Å². The monoisotopic (exact) mass is 284 g/mol. The number of halogens is 1. The highest BCUT2D eigenvalue weighted by molar-refractivity contribution is 9.10. The third kappa shape index (κ3) is 3.61. The maximum Gasteiger partial charge on any atom is 0.251 e. The fourth-order valence-corrected chi connectivity index (χ4v) is 1.62. The minimum absolute atomic E-state index is 0.0858. The summed E-state index contributed by atoms with van der Waals surface area (Å²) >= 11 is 3.40. The number of hydrogen-bond donors (Lipinski definition) is 2. The van der Waals surface area contributed by atoms with Crippen LogP contribution in [0.4, 0.5) is 0 Å². The molecular weight excluding hydrogens is 268 g/mol. The Balaban J connectivity index is 2.78. The summed E-state index contributed by atoms with van der Waals surface area (Å²) in [5.41, 5.74) is 7.03. The van der Waals surface area contributed by atoms with Crippen molar-refractivity contribution in [3.8, 4) is 0 Å². The first-order chi connectivity index (χ1) is 7.31. The molecule has 3 N–H and O–H groups in total. The van der Waals surface area contributed by atoms with Crippen LogP contribution < -0.4 is 11.1 Å². The van der Waals surface area contributed by atoms with Crippen molar-refractivity contribution < 1.29 is 4.79 Å². The number of nitrogens with two attached hydrogens (primary N) is 1. The highest BCUT2D eigenvalue weighted by atomic mass is 79.9. The Morgan fingerprint density at radius 3 is 2.69 bits per heavy atom. The van der Waals surface area contributed by atoms with Crippen LogP contribution in [-0.2, 0) is 0 Å². The lowest BCUT2D eigenvalue weighted by Crippen LogP contribution is -2.45. The summed E-state index contributed by atoms with van der Waals surface area (Å²) in [6, 6.07) is 5.57. The van der Waals surface area contributed by atoms with Gasteiger partial charge in [-0.1, -0.05) is 22.0 Å². The summed E-state index contributed by atoms with van der Waals surface area (Å²) in [6.45, 7) is 6.12. The van der Waals surface area contributed by atoms with E-state index in [1.165, 1.54) is 0 Å². The van der Waals surface area contributed by atoms with Crippen LogP contribution in [0.15, 0.2) is 22.7 Å². The Bertz CT molecular complexity index is 396. The van der Waals surface area contributed by atoms with Gasteiger partial charge in [-0.2, -0.15) is 0 Å². The lowest BCUT2D eigenvalue weighted by molar-refractivity contribution is 0.0945. The molecule has 88 valence electrons. The van der Waals surface area contributed by atoms with Gasteiger partial charge < -0.3 is 11.1 Å². The minimum atomic E-state index is -0.393. The summed E-state index contributed by atoms with van der Waals surface area (Å²) in [4.78, 5) is 11.9. The van der Waals surface area contributed by atoms with Crippen LogP contribution in [0.5, 0.6) is 0 Å². The normalized spacial score (nSPS) is 11.3. The highest BCUT2D eigenvalue weighted by Gasteiger charge is 2.15. The average Bonchev–Trinajstić information content (AvgIpc) is 2.17. The number of carbonyl (C=O) groups excluding carboxylic acids is 1. The van der Waals surface area contributed by atoms with E-state index in [9.17, 15) is 4.79 Å². The van der Waals surface area contributed by atoms with Gasteiger partial charge in [0.2, 0.25) is 0 Å². The number of rotatable bonds is 3. The van der Waals surface area contributed by atoms with E-state index in [0.717, 1.165) is 10.0 Å². The molecule has 0 bridgehead atoms. The minimum Gasteiger partial charge on any atom is -0.350 e. The van der Waals surface area contributed by atoms with E-state index in [2.05, 4.69) is 21.2 Å². The van der Waals surface area contributed by atoms with Gasteiger partial charge in [-0.15, -0.1) is 0 Å². The largest absolute Gasteiger partial charge is 0.350 e. The van der Waals surface area contributed by atoms with Crippen molar-refractivity contribution in [2.75, 3.05) is 6.54 Å². The van der Waals surface area contributed by atoms with Gasteiger partial charge in [-0.25, -0.2) is 0 Å². The molecule has 1 amide bonds. The van der Waals surface area contributed by atoms with Gasteiger partial charge in [0.25, 0.3) is 5.91 Å². The van der Waals surface area contributed by atoms with E-state index in [1.807, 2.05) is 32.9 Å². The molecule has 0 radical (unpaired) electrons. The predicted octanol–water partition coefficient (Wildman–Crippen LogP) is 2.22. The van der Waals surface area contributed by atoms with E-state index in [4.69, 9.17) is 5.73 Å². The molecule has 0 spiro atoms. The van der Waals surface area contributed by atoms with E-state index >= 15 is 0 Å². The fraction of sp³-hybridized carbons (Fsp3) is 0.417. The molecule has 0 aromatic heterocycles. The molecule has 0 unspecified atom stereocenters. The summed E-state index contributed by atoms with van der Waals surface area (Å²) < 4.78 is 0.937. The second-order valence-electron chi connectivity index (χ2n) is 4.58. The second-order valence-corrected chi connectivity index (χ2v) is 5.44. The molecule has 1 aromatic rings. The van der Waals surface area contributed by atoms with Crippen molar-refractivity contribution in [2.45, 2.75) is 26.3 Å². The van der Waals surface area contributed by atoms with Crippen LogP contribution >= 0.6 is 15.9 Å². The van der Waals surface area contributed by atoms with E-state index < -0.39 is 5.54 Å². The zero-order valence-corrected chi connectivity index (χ0v) is 11.4.